The SMILES string of the molecule is Cc1ccc(-c2csc(NC(=O)CS(=O)(=O)c3ccc4ccccc4c3)n2)cc1. The predicted molar refractivity (Wildman–Crippen MR) is 117 cm³/mol. The second kappa shape index (κ2) is 7.77. The molecule has 0 fully saturated rings. The van der Waals surface area contributed by atoms with E-state index in [1.807, 2.05) is 60.8 Å². The number of nitrogens with one attached hydrogen (secondary N) is 1. The Balaban J connectivity index is 1.48. The van der Waals surface area contributed by atoms with Gasteiger partial charge in [0.05, 0.1) is 10.6 Å². The Labute approximate surface area is 173 Å². The van der Waals surface area contributed by atoms with E-state index in [4.69, 9.17) is 0 Å². The molecule has 0 aliphatic rings. The maximum atomic E-state index is 12.7. The molecular weight excluding hydrogens is 404 g/mol. The van der Waals surface area contributed by atoms with Crippen molar-refractivity contribution in [1.29, 1.82) is 0 Å². The fourth-order valence-corrected chi connectivity index (χ4v) is 4.86. The molecule has 0 aliphatic heterocycles. The summed E-state index contributed by atoms with van der Waals surface area (Å²) in [7, 11) is -3.76. The summed E-state index contributed by atoms with van der Waals surface area (Å²) in [6, 6.07) is 20.3. The van der Waals surface area contributed by atoms with Crippen LogP contribution in [-0.4, -0.2) is 25.1 Å². The van der Waals surface area contributed by atoms with Crippen molar-refractivity contribution < 1.29 is 13.2 Å². The molecule has 0 bridgehead atoms. The number of nitrogens with zero attached hydrogens (tertiary/aromatic N) is 1. The minimum absolute atomic E-state index is 0.130. The van der Waals surface area contributed by atoms with E-state index in [1.165, 1.54) is 17.4 Å². The lowest BCUT2D eigenvalue weighted by atomic mass is 10.1. The van der Waals surface area contributed by atoms with Gasteiger partial charge in [-0.1, -0.05) is 60.2 Å². The molecule has 0 aliphatic carbocycles. The van der Waals surface area contributed by atoms with Crippen LogP contribution in [0.2, 0.25) is 0 Å². The van der Waals surface area contributed by atoms with E-state index in [0.717, 1.165) is 27.6 Å². The molecule has 3 aromatic carbocycles. The lowest BCUT2D eigenvalue weighted by Crippen LogP contribution is -2.23. The van der Waals surface area contributed by atoms with Crippen LogP contribution in [0.5, 0.6) is 0 Å². The number of benzene rings is 3. The van der Waals surface area contributed by atoms with Gasteiger partial charge in [-0.15, -0.1) is 11.3 Å². The molecule has 1 amide bonds. The molecule has 1 aromatic heterocycles. The standard InChI is InChI=1S/C22H18N2O3S2/c1-15-6-8-17(9-7-15)20-13-28-22(23-20)24-21(25)14-29(26,27)19-11-10-16-4-2-3-5-18(16)12-19/h2-13H,14H2,1H3,(H,23,24,25). The van der Waals surface area contributed by atoms with E-state index in [9.17, 15) is 13.2 Å². The lowest BCUT2D eigenvalue weighted by Gasteiger charge is -2.06. The molecule has 5 nitrogen and oxygen atoms in total. The third-order valence-electron chi connectivity index (χ3n) is 4.50. The minimum atomic E-state index is -3.76. The van der Waals surface area contributed by atoms with Crippen LogP contribution >= 0.6 is 11.3 Å². The molecule has 146 valence electrons. The van der Waals surface area contributed by atoms with Crippen LogP contribution in [0, 0.1) is 6.92 Å². The Morgan fingerprint density at radius 2 is 1.72 bits per heavy atom. The second-order valence-corrected chi connectivity index (χ2v) is 9.57. The van der Waals surface area contributed by atoms with Crippen molar-refractivity contribution in [2.75, 3.05) is 11.1 Å². The Bertz CT molecular complexity index is 1290. The van der Waals surface area contributed by atoms with Crippen molar-refractivity contribution in [3.05, 3.63) is 77.7 Å². The molecule has 7 heteroatoms. The van der Waals surface area contributed by atoms with Crippen molar-refractivity contribution >= 4 is 43.0 Å². The highest BCUT2D eigenvalue weighted by atomic mass is 32.2. The predicted octanol–water partition coefficient (Wildman–Crippen LogP) is 4.68. The van der Waals surface area contributed by atoms with Gasteiger partial charge in [0.15, 0.2) is 15.0 Å². The van der Waals surface area contributed by atoms with E-state index < -0.39 is 21.5 Å². The largest absolute Gasteiger partial charge is 0.301 e. The fourth-order valence-electron chi connectivity index (χ4n) is 2.96. The third kappa shape index (κ3) is 4.36. The van der Waals surface area contributed by atoms with Crippen LogP contribution in [0.3, 0.4) is 0 Å². The van der Waals surface area contributed by atoms with Gasteiger partial charge < -0.3 is 5.32 Å². The third-order valence-corrected chi connectivity index (χ3v) is 6.87. The Hall–Kier alpha value is -3.03. The second-order valence-electron chi connectivity index (χ2n) is 6.72. The number of hydrogen-bond acceptors (Lipinski definition) is 5. The number of aryl methyl sites for hydroxylation is 1. The van der Waals surface area contributed by atoms with Gasteiger partial charge in [-0.05, 0) is 29.8 Å². The van der Waals surface area contributed by atoms with Crippen molar-refractivity contribution in [2.24, 2.45) is 0 Å². The molecule has 29 heavy (non-hydrogen) atoms. The summed E-state index contributed by atoms with van der Waals surface area (Å²) in [5, 5.41) is 6.56. The number of amides is 1. The van der Waals surface area contributed by atoms with E-state index in [1.54, 1.807) is 12.1 Å². The lowest BCUT2D eigenvalue weighted by molar-refractivity contribution is -0.113. The Morgan fingerprint density at radius 3 is 2.48 bits per heavy atom. The van der Waals surface area contributed by atoms with Crippen LogP contribution in [0.25, 0.3) is 22.0 Å². The number of aromatic nitrogens is 1. The first-order valence-electron chi connectivity index (χ1n) is 8.95. The maximum absolute atomic E-state index is 12.7. The molecule has 0 spiro atoms. The monoisotopic (exact) mass is 422 g/mol. The van der Waals surface area contributed by atoms with Crippen molar-refractivity contribution in [3.8, 4) is 11.3 Å². The molecule has 0 radical (unpaired) electrons. The number of anilines is 1. The van der Waals surface area contributed by atoms with Gasteiger partial charge in [0.25, 0.3) is 0 Å². The highest BCUT2D eigenvalue weighted by Crippen LogP contribution is 2.25. The van der Waals surface area contributed by atoms with E-state index in [-0.39, 0.29) is 4.90 Å². The van der Waals surface area contributed by atoms with Gasteiger partial charge in [0.2, 0.25) is 5.91 Å². The zero-order valence-electron chi connectivity index (χ0n) is 15.6. The van der Waals surface area contributed by atoms with Crippen molar-refractivity contribution in [1.82, 2.24) is 4.98 Å². The molecule has 1 heterocycles. The number of rotatable bonds is 5. The summed E-state index contributed by atoms with van der Waals surface area (Å²) < 4.78 is 25.3. The number of carbonyl (C=O) groups excluding carboxylic acids is 1. The maximum Gasteiger partial charge on any atom is 0.241 e. The van der Waals surface area contributed by atoms with Gasteiger partial charge in [0, 0.05) is 10.9 Å². The number of fused-ring (bicyclic) bond motifs is 1. The minimum Gasteiger partial charge on any atom is -0.301 e. The molecule has 4 aromatic rings. The molecule has 1 N–H and O–H groups in total. The molecule has 4 rings (SSSR count). The zero-order chi connectivity index (χ0) is 20.4. The van der Waals surface area contributed by atoms with Gasteiger partial charge in [0.1, 0.15) is 5.75 Å². The van der Waals surface area contributed by atoms with E-state index in [2.05, 4.69) is 10.3 Å². The first kappa shape index (κ1) is 19.3. The summed E-state index contributed by atoms with van der Waals surface area (Å²) in [6.45, 7) is 2.01. The highest BCUT2D eigenvalue weighted by Gasteiger charge is 2.20. The summed E-state index contributed by atoms with van der Waals surface area (Å²) in [6.07, 6.45) is 0. The first-order chi connectivity index (χ1) is 13.9. The van der Waals surface area contributed by atoms with Crippen LogP contribution < -0.4 is 5.32 Å². The quantitative estimate of drug-likeness (QED) is 0.506. The molecule has 0 saturated heterocycles. The van der Waals surface area contributed by atoms with Gasteiger partial charge in [-0.3, -0.25) is 4.79 Å². The molecule has 0 unspecified atom stereocenters. The molecule has 0 saturated carbocycles. The number of hydrogen-bond donors (Lipinski definition) is 1. The summed E-state index contributed by atoms with van der Waals surface area (Å²) in [5.41, 5.74) is 2.83. The number of carbonyl (C=O) groups is 1. The van der Waals surface area contributed by atoms with Gasteiger partial charge in [-0.2, -0.15) is 0 Å². The van der Waals surface area contributed by atoms with Crippen LogP contribution in [0.4, 0.5) is 5.13 Å². The zero-order valence-corrected chi connectivity index (χ0v) is 17.3. The first-order valence-corrected chi connectivity index (χ1v) is 11.5. The van der Waals surface area contributed by atoms with Crippen molar-refractivity contribution in [3.63, 3.8) is 0 Å². The van der Waals surface area contributed by atoms with Crippen LogP contribution in [0.15, 0.2) is 77.0 Å². The van der Waals surface area contributed by atoms with Crippen LogP contribution in [-0.2, 0) is 14.6 Å². The van der Waals surface area contributed by atoms with Crippen LogP contribution in [0.1, 0.15) is 5.56 Å². The van der Waals surface area contributed by atoms with Gasteiger partial charge >= 0.3 is 0 Å². The molecular formula is C22H18N2O3S2. The Morgan fingerprint density at radius 1 is 1.00 bits per heavy atom. The number of thiazole rings is 1. The average Bonchev–Trinajstić information content (AvgIpc) is 3.16. The summed E-state index contributed by atoms with van der Waals surface area (Å²) >= 11 is 1.26. The van der Waals surface area contributed by atoms with E-state index >= 15 is 0 Å². The topological polar surface area (TPSA) is 76.1 Å². The highest BCUT2D eigenvalue weighted by molar-refractivity contribution is 7.92. The summed E-state index contributed by atoms with van der Waals surface area (Å²) in [4.78, 5) is 16.8. The van der Waals surface area contributed by atoms with E-state index in [0.29, 0.717) is 5.13 Å². The smallest absolute Gasteiger partial charge is 0.241 e. The fraction of sp³-hybridized carbons (Fsp3) is 0.0909. The number of sulfone groups is 1. The average molecular weight is 423 g/mol. The molecule has 0 atom stereocenters. The normalized spacial score (nSPS) is 11.5. The van der Waals surface area contributed by atoms with Gasteiger partial charge in [-0.25, -0.2) is 13.4 Å². The Kier molecular flexibility index (Phi) is 5.17. The summed E-state index contributed by atoms with van der Waals surface area (Å²) in [5.74, 6) is -1.24. The van der Waals surface area contributed by atoms with Crippen molar-refractivity contribution in [2.45, 2.75) is 11.8 Å².